The Hall–Kier alpha value is -2.05. The van der Waals surface area contributed by atoms with Gasteiger partial charge in [-0.15, -0.1) is 0 Å². The first-order valence-corrected chi connectivity index (χ1v) is 9.10. The largest absolute Gasteiger partial charge is 0.508 e. The zero-order valence-corrected chi connectivity index (χ0v) is 14.6. The molecule has 1 aromatic heterocycles. The molecule has 2 amide bonds. The van der Waals surface area contributed by atoms with Crippen molar-refractivity contribution in [2.24, 2.45) is 0 Å². The number of hydrogen-bond donors (Lipinski definition) is 3. The molecule has 2 heterocycles. The first-order valence-electron chi connectivity index (χ1n) is 8.16. The van der Waals surface area contributed by atoms with Crippen molar-refractivity contribution in [3.05, 3.63) is 51.7 Å². The standard InChI is InChI=1S/C18H23N3O2S/c1-21(6-4-13-5-7-24-12-13)18(23)20-11-16-8-14-2-3-17(22)9-15(14)10-19-16/h2-3,5,7,9,12,16,19,22H,4,6,8,10-11H2,1H3,(H,20,23). The summed E-state index contributed by atoms with van der Waals surface area (Å²) < 4.78 is 0. The molecule has 128 valence electrons. The summed E-state index contributed by atoms with van der Waals surface area (Å²) in [4.78, 5) is 13.9. The van der Waals surface area contributed by atoms with E-state index >= 15 is 0 Å². The van der Waals surface area contributed by atoms with Crippen molar-refractivity contribution in [2.45, 2.75) is 25.4 Å². The molecule has 0 saturated carbocycles. The fraction of sp³-hybridized carbons (Fsp3) is 0.389. The molecule has 24 heavy (non-hydrogen) atoms. The van der Waals surface area contributed by atoms with E-state index in [0.717, 1.165) is 24.9 Å². The molecular weight excluding hydrogens is 322 g/mol. The third-order valence-electron chi connectivity index (χ3n) is 4.40. The number of phenols is 1. The van der Waals surface area contributed by atoms with Crippen LogP contribution in [0.15, 0.2) is 35.0 Å². The molecule has 0 fully saturated rings. The molecule has 1 aliphatic rings. The third kappa shape index (κ3) is 4.27. The Balaban J connectivity index is 1.44. The number of nitrogens with zero attached hydrogens (tertiary/aromatic N) is 1. The quantitative estimate of drug-likeness (QED) is 0.779. The van der Waals surface area contributed by atoms with E-state index in [1.54, 1.807) is 28.4 Å². The maximum Gasteiger partial charge on any atom is 0.317 e. The van der Waals surface area contributed by atoms with Gasteiger partial charge in [0.2, 0.25) is 0 Å². The van der Waals surface area contributed by atoms with Gasteiger partial charge in [0.1, 0.15) is 5.75 Å². The Bertz CT molecular complexity index is 688. The number of amides is 2. The van der Waals surface area contributed by atoms with Crippen LogP contribution in [0, 0.1) is 0 Å². The number of thiophene rings is 1. The Morgan fingerprint density at radius 1 is 1.42 bits per heavy atom. The summed E-state index contributed by atoms with van der Waals surface area (Å²) in [6, 6.07) is 7.76. The smallest absolute Gasteiger partial charge is 0.317 e. The highest BCUT2D eigenvalue weighted by Gasteiger charge is 2.19. The van der Waals surface area contributed by atoms with Crippen LogP contribution in [0.5, 0.6) is 5.75 Å². The van der Waals surface area contributed by atoms with Crippen LogP contribution in [0.4, 0.5) is 4.79 Å². The molecular formula is C18H23N3O2S. The second kappa shape index (κ2) is 7.68. The van der Waals surface area contributed by atoms with E-state index in [1.807, 2.05) is 13.1 Å². The summed E-state index contributed by atoms with van der Waals surface area (Å²) in [6.45, 7) is 2.03. The van der Waals surface area contributed by atoms with Crippen LogP contribution in [-0.2, 0) is 19.4 Å². The number of carbonyl (C=O) groups excluding carboxylic acids is 1. The van der Waals surface area contributed by atoms with Gasteiger partial charge in [-0.2, -0.15) is 11.3 Å². The summed E-state index contributed by atoms with van der Waals surface area (Å²) in [7, 11) is 1.83. The number of aromatic hydroxyl groups is 1. The van der Waals surface area contributed by atoms with Gasteiger partial charge in [-0.1, -0.05) is 6.07 Å². The van der Waals surface area contributed by atoms with Crippen molar-refractivity contribution in [2.75, 3.05) is 20.1 Å². The van der Waals surface area contributed by atoms with E-state index in [9.17, 15) is 9.90 Å². The molecule has 5 nitrogen and oxygen atoms in total. The Morgan fingerprint density at radius 2 is 2.29 bits per heavy atom. The van der Waals surface area contributed by atoms with E-state index in [-0.39, 0.29) is 12.1 Å². The molecule has 1 aromatic carbocycles. The van der Waals surface area contributed by atoms with E-state index in [4.69, 9.17) is 0 Å². The molecule has 1 unspecified atom stereocenters. The van der Waals surface area contributed by atoms with E-state index < -0.39 is 0 Å². The van der Waals surface area contributed by atoms with Gasteiger partial charge in [-0.3, -0.25) is 0 Å². The molecule has 0 radical (unpaired) electrons. The number of likely N-dealkylation sites (N-methyl/N-ethyl adjacent to an activating group) is 1. The highest BCUT2D eigenvalue weighted by Crippen LogP contribution is 2.21. The van der Waals surface area contributed by atoms with Gasteiger partial charge in [-0.25, -0.2) is 4.79 Å². The Kier molecular flexibility index (Phi) is 5.37. The maximum absolute atomic E-state index is 12.2. The zero-order chi connectivity index (χ0) is 16.9. The van der Waals surface area contributed by atoms with Crippen LogP contribution in [-0.4, -0.2) is 42.2 Å². The van der Waals surface area contributed by atoms with Crippen LogP contribution in [0.25, 0.3) is 0 Å². The fourth-order valence-corrected chi connectivity index (χ4v) is 3.59. The van der Waals surface area contributed by atoms with E-state index in [1.165, 1.54) is 11.1 Å². The van der Waals surface area contributed by atoms with Crippen molar-refractivity contribution in [1.29, 1.82) is 0 Å². The number of rotatable bonds is 5. The van der Waals surface area contributed by atoms with Gasteiger partial charge in [0.15, 0.2) is 0 Å². The first kappa shape index (κ1) is 16.8. The van der Waals surface area contributed by atoms with Gasteiger partial charge in [0.05, 0.1) is 0 Å². The zero-order valence-electron chi connectivity index (χ0n) is 13.8. The average molecular weight is 345 g/mol. The maximum atomic E-state index is 12.2. The highest BCUT2D eigenvalue weighted by atomic mass is 32.1. The predicted molar refractivity (Wildman–Crippen MR) is 96.5 cm³/mol. The molecule has 6 heteroatoms. The molecule has 2 aromatic rings. The Labute approximate surface area is 146 Å². The average Bonchev–Trinajstić information content (AvgIpc) is 3.11. The molecule has 0 saturated heterocycles. The number of fused-ring (bicyclic) bond motifs is 1. The normalized spacial score (nSPS) is 16.5. The predicted octanol–water partition coefficient (Wildman–Crippen LogP) is 2.35. The Morgan fingerprint density at radius 3 is 3.08 bits per heavy atom. The van der Waals surface area contributed by atoms with Gasteiger partial charge in [-0.05, 0) is 58.5 Å². The monoisotopic (exact) mass is 345 g/mol. The van der Waals surface area contributed by atoms with Crippen molar-refractivity contribution < 1.29 is 9.90 Å². The number of phenolic OH excluding ortho intramolecular Hbond substituents is 1. The topological polar surface area (TPSA) is 64.6 Å². The van der Waals surface area contributed by atoms with Gasteiger partial charge >= 0.3 is 6.03 Å². The van der Waals surface area contributed by atoms with Crippen LogP contribution in [0.2, 0.25) is 0 Å². The van der Waals surface area contributed by atoms with Crippen molar-refractivity contribution in [3.8, 4) is 5.75 Å². The van der Waals surface area contributed by atoms with Gasteiger partial charge < -0.3 is 20.6 Å². The lowest BCUT2D eigenvalue weighted by Gasteiger charge is -2.27. The minimum absolute atomic E-state index is 0.0384. The lowest BCUT2D eigenvalue weighted by atomic mass is 9.95. The summed E-state index contributed by atoms with van der Waals surface area (Å²) in [5.74, 6) is 0.301. The van der Waals surface area contributed by atoms with Crippen LogP contribution < -0.4 is 10.6 Å². The number of urea groups is 1. The van der Waals surface area contributed by atoms with Crippen LogP contribution in [0.3, 0.4) is 0 Å². The van der Waals surface area contributed by atoms with Crippen LogP contribution >= 0.6 is 11.3 Å². The molecule has 1 atom stereocenters. The van der Waals surface area contributed by atoms with Crippen LogP contribution in [0.1, 0.15) is 16.7 Å². The second-order valence-corrected chi connectivity index (χ2v) is 7.00. The first-order chi connectivity index (χ1) is 11.6. The molecule has 3 rings (SSSR count). The lowest BCUT2D eigenvalue weighted by Crippen LogP contribution is -2.47. The second-order valence-electron chi connectivity index (χ2n) is 6.22. The fourth-order valence-electron chi connectivity index (χ4n) is 2.89. The van der Waals surface area contributed by atoms with E-state index in [0.29, 0.717) is 18.8 Å². The molecule has 1 aliphatic heterocycles. The SMILES string of the molecule is CN(CCc1ccsc1)C(=O)NCC1Cc2ccc(O)cc2CN1. The molecule has 0 spiro atoms. The number of hydrogen-bond acceptors (Lipinski definition) is 4. The van der Waals surface area contributed by atoms with Crippen molar-refractivity contribution >= 4 is 17.4 Å². The van der Waals surface area contributed by atoms with Gasteiger partial charge in [0.25, 0.3) is 0 Å². The molecule has 0 aliphatic carbocycles. The van der Waals surface area contributed by atoms with Crippen molar-refractivity contribution in [3.63, 3.8) is 0 Å². The minimum Gasteiger partial charge on any atom is -0.508 e. The molecule has 0 bridgehead atoms. The summed E-state index contributed by atoms with van der Waals surface area (Å²) >= 11 is 1.68. The number of benzene rings is 1. The summed E-state index contributed by atoms with van der Waals surface area (Å²) in [5, 5.41) is 20.1. The third-order valence-corrected chi connectivity index (χ3v) is 5.13. The molecule has 3 N–H and O–H groups in total. The summed E-state index contributed by atoms with van der Waals surface area (Å²) in [6.07, 6.45) is 1.74. The van der Waals surface area contributed by atoms with Crippen molar-refractivity contribution in [1.82, 2.24) is 15.5 Å². The number of nitrogens with one attached hydrogen (secondary N) is 2. The minimum atomic E-state index is -0.0384. The van der Waals surface area contributed by atoms with Gasteiger partial charge in [0, 0.05) is 32.7 Å². The highest BCUT2D eigenvalue weighted by molar-refractivity contribution is 7.07. The van der Waals surface area contributed by atoms with E-state index in [2.05, 4.69) is 27.5 Å². The lowest BCUT2D eigenvalue weighted by molar-refractivity contribution is 0.207. The summed E-state index contributed by atoms with van der Waals surface area (Å²) in [5.41, 5.74) is 3.63. The number of carbonyl (C=O) groups is 1.